The molecule has 1 aromatic carbocycles. The molecule has 3 N–H and O–H groups in total. The average molecular weight is 224 g/mol. The molecule has 88 valence electrons. The molecule has 0 bridgehead atoms. The Morgan fingerprint density at radius 1 is 1.38 bits per heavy atom. The molecule has 1 atom stereocenters. The number of halogens is 1. The zero-order chi connectivity index (χ0) is 12.3. The van der Waals surface area contributed by atoms with E-state index in [9.17, 15) is 9.18 Å². The van der Waals surface area contributed by atoms with Crippen molar-refractivity contribution < 1.29 is 9.18 Å². The number of carbonyl (C=O) groups excluding carboxylic acids is 1. The van der Waals surface area contributed by atoms with Crippen molar-refractivity contribution in [1.29, 1.82) is 0 Å². The average Bonchev–Trinajstić information content (AvgIpc) is 2.17. The highest BCUT2D eigenvalue weighted by Crippen LogP contribution is 2.13. The Bertz CT molecular complexity index is 368. The number of nitrogens with one attached hydrogen (secondary N) is 1. The Morgan fingerprint density at radius 3 is 2.31 bits per heavy atom. The third-order valence-electron chi connectivity index (χ3n) is 2.30. The van der Waals surface area contributed by atoms with Gasteiger partial charge in [-0.2, -0.15) is 0 Å². The molecule has 1 amide bonds. The van der Waals surface area contributed by atoms with Gasteiger partial charge in [0.05, 0.1) is 11.6 Å². The van der Waals surface area contributed by atoms with Crippen LogP contribution >= 0.6 is 0 Å². The summed E-state index contributed by atoms with van der Waals surface area (Å²) in [6.07, 6.45) is 0. The van der Waals surface area contributed by atoms with E-state index in [4.69, 9.17) is 5.73 Å². The van der Waals surface area contributed by atoms with Crippen molar-refractivity contribution in [3.05, 3.63) is 35.6 Å². The second kappa shape index (κ2) is 4.61. The first-order valence-corrected chi connectivity index (χ1v) is 5.16. The number of hydrogen-bond acceptors (Lipinski definition) is 2. The maximum Gasteiger partial charge on any atom is 0.239 e. The summed E-state index contributed by atoms with van der Waals surface area (Å²) in [7, 11) is 0. The van der Waals surface area contributed by atoms with Crippen LogP contribution in [0.1, 0.15) is 32.4 Å². The van der Waals surface area contributed by atoms with Crippen molar-refractivity contribution in [3.63, 3.8) is 0 Å². The molecule has 0 saturated carbocycles. The van der Waals surface area contributed by atoms with Gasteiger partial charge in [0.25, 0.3) is 0 Å². The van der Waals surface area contributed by atoms with Crippen molar-refractivity contribution >= 4 is 5.91 Å². The fraction of sp³-hybridized carbons (Fsp3) is 0.417. The summed E-state index contributed by atoms with van der Waals surface area (Å²) in [5.74, 6) is -0.522. The number of amides is 1. The Hall–Kier alpha value is -1.42. The summed E-state index contributed by atoms with van der Waals surface area (Å²) in [5, 5.41) is 2.77. The quantitative estimate of drug-likeness (QED) is 0.821. The SMILES string of the molecule is C[C@H](NC(=O)C(C)(C)N)c1ccc(F)cc1. The van der Waals surface area contributed by atoms with E-state index in [1.807, 2.05) is 6.92 Å². The number of hydrogen-bond donors (Lipinski definition) is 2. The predicted octanol–water partition coefficient (Wildman–Crippen LogP) is 1.74. The first kappa shape index (κ1) is 12.6. The minimum absolute atomic E-state index is 0.184. The van der Waals surface area contributed by atoms with E-state index in [-0.39, 0.29) is 17.8 Å². The molecule has 0 aromatic heterocycles. The molecule has 0 radical (unpaired) electrons. The van der Waals surface area contributed by atoms with E-state index in [1.54, 1.807) is 26.0 Å². The van der Waals surface area contributed by atoms with Crippen molar-refractivity contribution in [2.24, 2.45) is 5.73 Å². The van der Waals surface area contributed by atoms with Crippen molar-refractivity contribution in [3.8, 4) is 0 Å². The second-order valence-electron chi connectivity index (χ2n) is 4.47. The van der Waals surface area contributed by atoms with Gasteiger partial charge in [-0.1, -0.05) is 12.1 Å². The molecule has 1 rings (SSSR count). The summed E-state index contributed by atoms with van der Waals surface area (Å²) in [5.41, 5.74) is 5.60. The van der Waals surface area contributed by atoms with Crippen LogP contribution in [0.5, 0.6) is 0 Å². The Kier molecular flexibility index (Phi) is 3.65. The molecule has 0 aliphatic carbocycles. The van der Waals surface area contributed by atoms with E-state index in [0.29, 0.717) is 0 Å². The lowest BCUT2D eigenvalue weighted by Crippen LogP contribution is -2.49. The third-order valence-corrected chi connectivity index (χ3v) is 2.30. The monoisotopic (exact) mass is 224 g/mol. The smallest absolute Gasteiger partial charge is 0.239 e. The van der Waals surface area contributed by atoms with Gasteiger partial charge in [-0.05, 0) is 38.5 Å². The minimum Gasteiger partial charge on any atom is -0.348 e. The Morgan fingerprint density at radius 2 is 1.88 bits per heavy atom. The molecule has 0 heterocycles. The molecule has 0 unspecified atom stereocenters. The van der Waals surface area contributed by atoms with Crippen LogP contribution in [0, 0.1) is 5.82 Å². The van der Waals surface area contributed by atoms with E-state index in [2.05, 4.69) is 5.32 Å². The second-order valence-corrected chi connectivity index (χ2v) is 4.47. The molecule has 0 aliphatic rings. The lowest BCUT2D eigenvalue weighted by Gasteiger charge is -2.22. The molecule has 3 nitrogen and oxygen atoms in total. The van der Waals surface area contributed by atoms with Gasteiger partial charge in [0, 0.05) is 0 Å². The molecular formula is C12H17FN2O. The molecule has 0 fully saturated rings. The van der Waals surface area contributed by atoms with Crippen molar-refractivity contribution in [2.75, 3.05) is 0 Å². The Labute approximate surface area is 94.8 Å². The zero-order valence-corrected chi connectivity index (χ0v) is 9.75. The molecule has 4 heteroatoms. The highest BCUT2D eigenvalue weighted by molar-refractivity contribution is 5.85. The van der Waals surface area contributed by atoms with Crippen LogP contribution < -0.4 is 11.1 Å². The highest BCUT2D eigenvalue weighted by Gasteiger charge is 2.23. The van der Waals surface area contributed by atoms with Gasteiger partial charge in [0.15, 0.2) is 0 Å². The van der Waals surface area contributed by atoms with Crippen LogP contribution in [0.15, 0.2) is 24.3 Å². The number of carbonyl (C=O) groups is 1. The first-order valence-electron chi connectivity index (χ1n) is 5.16. The van der Waals surface area contributed by atoms with Crippen LogP contribution in [0.4, 0.5) is 4.39 Å². The summed E-state index contributed by atoms with van der Waals surface area (Å²) < 4.78 is 12.7. The van der Waals surface area contributed by atoms with E-state index >= 15 is 0 Å². The van der Waals surface area contributed by atoms with Crippen LogP contribution in [-0.4, -0.2) is 11.4 Å². The molecule has 1 aromatic rings. The largest absolute Gasteiger partial charge is 0.348 e. The summed E-state index contributed by atoms with van der Waals surface area (Å²) in [6.45, 7) is 5.11. The molecule has 0 saturated heterocycles. The molecule has 0 aliphatic heterocycles. The number of benzene rings is 1. The standard InChI is InChI=1S/C12H17FN2O/c1-8(15-11(16)12(2,3)14)9-4-6-10(13)7-5-9/h4-8H,14H2,1-3H3,(H,15,16)/t8-/m0/s1. The van der Waals surface area contributed by atoms with Gasteiger partial charge in [0.1, 0.15) is 5.82 Å². The van der Waals surface area contributed by atoms with Crippen LogP contribution in [0.25, 0.3) is 0 Å². The van der Waals surface area contributed by atoms with Crippen molar-refractivity contribution in [1.82, 2.24) is 5.32 Å². The molecular weight excluding hydrogens is 207 g/mol. The van der Waals surface area contributed by atoms with E-state index in [1.165, 1.54) is 12.1 Å². The highest BCUT2D eigenvalue weighted by atomic mass is 19.1. The summed E-state index contributed by atoms with van der Waals surface area (Å²) >= 11 is 0. The lowest BCUT2D eigenvalue weighted by atomic mass is 10.0. The van der Waals surface area contributed by atoms with Gasteiger partial charge < -0.3 is 11.1 Å². The molecule has 0 spiro atoms. The normalized spacial score (nSPS) is 13.3. The first-order chi connectivity index (χ1) is 7.30. The fourth-order valence-corrected chi connectivity index (χ4v) is 1.22. The fourth-order valence-electron chi connectivity index (χ4n) is 1.22. The maximum atomic E-state index is 12.7. The molecule has 16 heavy (non-hydrogen) atoms. The van der Waals surface area contributed by atoms with E-state index < -0.39 is 5.54 Å². The zero-order valence-electron chi connectivity index (χ0n) is 9.75. The van der Waals surface area contributed by atoms with Crippen LogP contribution in [0.3, 0.4) is 0 Å². The van der Waals surface area contributed by atoms with Crippen LogP contribution in [0.2, 0.25) is 0 Å². The van der Waals surface area contributed by atoms with Crippen molar-refractivity contribution in [2.45, 2.75) is 32.4 Å². The van der Waals surface area contributed by atoms with Gasteiger partial charge in [-0.15, -0.1) is 0 Å². The Balaban J connectivity index is 2.69. The van der Waals surface area contributed by atoms with Gasteiger partial charge in [0.2, 0.25) is 5.91 Å². The topological polar surface area (TPSA) is 55.1 Å². The van der Waals surface area contributed by atoms with Gasteiger partial charge in [-0.3, -0.25) is 4.79 Å². The summed E-state index contributed by atoms with van der Waals surface area (Å²) in [4.78, 5) is 11.6. The number of nitrogens with two attached hydrogens (primary N) is 1. The predicted molar refractivity (Wildman–Crippen MR) is 61.2 cm³/mol. The number of rotatable bonds is 3. The minimum atomic E-state index is -0.908. The van der Waals surface area contributed by atoms with Gasteiger partial charge in [-0.25, -0.2) is 4.39 Å². The third kappa shape index (κ3) is 3.31. The lowest BCUT2D eigenvalue weighted by molar-refractivity contribution is -0.125. The van der Waals surface area contributed by atoms with Gasteiger partial charge >= 0.3 is 0 Å². The van der Waals surface area contributed by atoms with Crippen LogP contribution in [-0.2, 0) is 4.79 Å². The van der Waals surface area contributed by atoms with E-state index in [0.717, 1.165) is 5.56 Å². The summed E-state index contributed by atoms with van der Waals surface area (Å²) in [6, 6.07) is 5.83. The maximum absolute atomic E-state index is 12.7.